The van der Waals surface area contributed by atoms with Crippen molar-refractivity contribution in [1.82, 2.24) is 5.32 Å². The summed E-state index contributed by atoms with van der Waals surface area (Å²) in [5, 5.41) is 3.24. The van der Waals surface area contributed by atoms with Crippen LogP contribution in [0, 0.1) is 0 Å². The van der Waals surface area contributed by atoms with Crippen LogP contribution in [-0.2, 0) is 4.79 Å². The quantitative estimate of drug-likeness (QED) is 0.874. The zero-order valence-electron chi connectivity index (χ0n) is 11.7. The molecule has 106 valence electrons. The highest BCUT2D eigenvalue weighted by molar-refractivity contribution is 6.32. The summed E-state index contributed by atoms with van der Waals surface area (Å²) in [5.74, 6) is 0.319. The third-order valence-electron chi connectivity index (χ3n) is 2.59. The number of nitrogens with two attached hydrogens (primary N) is 1. The summed E-state index contributed by atoms with van der Waals surface area (Å²) in [6.45, 7) is 7.36. The molecule has 0 spiro atoms. The molecule has 1 aromatic rings. The fourth-order valence-electron chi connectivity index (χ4n) is 1.54. The zero-order valence-corrected chi connectivity index (χ0v) is 12.5. The van der Waals surface area contributed by atoms with Crippen LogP contribution in [0.4, 0.5) is 0 Å². The standard InChI is InChI=1S/C14H21ClN2O2/c1-8(2)17-14(18)10(4)19-13-6-5-11(9(3)16)7-12(13)15/h5-10H,16H2,1-4H3,(H,17,18)/t9-,10?/m1/s1. The summed E-state index contributed by atoms with van der Waals surface area (Å²) in [6, 6.07) is 5.33. The molecule has 4 nitrogen and oxygen atoms in total. The Morgan fingerprint density at radius 3 is 2.42 bits per heavy atom. The number of amides is 1. The van der Waals surface area contributed by atoms with E-state index in [9.17, 15) is 4.79 Å². The maximum Gasteiger partial charge on any atom is 0.260 e. The number of halogens is 1. The Morgan fingerprint density at radius 2 is 1.95 bits per heavy atom. The molecular weight excluding hydrogens is 264 g/mol. The van der Waals surface area contributed by atoms with Crippen LogP contribution in [0.5, 0.6) is 5.75 Å². The molecule has 5 heteroatoms. The maximum atomic E-state index is 11.7. The van der Waals surface area contributed by atoms with Crippen molar-refractivity contribution >= 4 is 17.5 Å². The van der Waals surface area contributed by atoms with Crippen LogP contribution in [0.1, 0.15) is 39.3 Å². The van der Waals surface area contributed by atoms with Gasteiger partial charge >= 0.3 is 0 Å². The molecule has 0 fully saturated rings. The summed E-state index contributed by atoms with van der Waals surface area (Å²) in [7, 11) is 0. The average molecular weight is 285 g/mol. The van der Waals surface area contributed by atoms with Gasteiger partial charge in [0, 0.05) is 12.1 Å². The van der Waals surface area contributed by atoms with Gasteiger partial charge in [0.25, 0.3) is 5.91 Å². The summed E-state index contributed by atoms with van der Waals surface area (Å²) in [6.07, 6.45) is -0.596. The van der Waals surface area contributed by atoms with Gasteiger partial charge in [0.2, 0.25) is 0 Å². The Morgan fingerprint density at radius 1 is 1.32 bits per heavy atom. The summed E-state index contributed by atoms with van der Waals surface area (Å²) in [4.78, 5) is 11.7. The van der Waals surface area contributed by atoms with Gasteiger partial charge in [-0.15, -0.1) is 0 Å². The highest BCUT2D eigenvalue weighted by atomic mass is 35.5. The van der Waals surface area contributed by atoms with E-state index in [0.29, 0.717) is 10.8 Å². The van der Waals surface area contributed by atoms with Gasteiger partial charge in [-0.3, -0.25) is 4.79 Å². The van der Waals surface area contributed by atoms with Crippen LogP contribution in [0.25, 0.3) is 0 Å². The molecule has 19 heavy (non-hydrogen) atoms. The Bertz CT molecular complexity index is 447. The van der Waals surface area contributed by atoms with Gasteiger partial charge in [0.1, 0.15) is 5.75 Å². The Balaban J connectivity index is 2.74. The van der Waals surface area contributed by atoms with Crippen molar-refractivity contribution in [1.29, 1.82) is 0 Å². The number of hydrogen-bond acceptors (Lipinski definition) is 3. The average Bonchev–Trinajstić information content (AvgIpc) is 2.30. The molecule has 0 heterocycles. The van der Waals surface area contributed by atoms with Gasteiger partial charge in [-0.2, -0.15) is 0 Å². The van der Waals surface area contributed by atoms with Gasteiger partial charge in [-0.25, -0.2) is 0 Å². The van der Waals surface area contributed by atoms with E-state index in [2.05, 4.69) is 5.32 Å². The van der Waals surface area contributed by atoms with Gasteiger partial charge < -0.3 is 15.8 Å². The highest BCUT2D eigenvalue weighted by Gasteiger charge is 2.17. The van der Waals surface area contributed by atoms with Gasteiger partial charge in [0.15, 0.2) is 6.10 Å². The molecule has 1 rings (SSSR count). The second kappa shape index (κ2) is 6.78. The fourth-order valence-corrected chi connectivity index (χ4v) is 1.78. The number of ether oxygens (including phenoxy) is 1. The minimum Gasteiger partial charge on any atom is -0.479 e. The van der Waals surface area contributed by atoms with Crippen LogP contribution in [0.2, 0.25) is 5.02 Å². The Labute approximate surface area is 119 Å². The molecule has 1 unspecified atom stereocenters. The molecule has 2 atom stereocenters. The van der Waals surface area contributed by atoms with Crippen molar-refractivity contribution in [3.05, 3.63) is 28.8 Å². The smallest absolute Gasteiger partial charge is 0.260 e. The highest BCUT2D eigenvalue weighted by Crippen LogP contribution is 2.28. The molecule has 0 aliphatic heterocycles. The largest absolute Gasteiger partial charge is 0.479 e. The van der Waals surface area contributed by atoms with Crippen LogP contribution in [0.3, 0.4) is 0 Å². The Hall–Kier alpha value is -1.26. The lowest BCUT2D eigenvalue weighted by Gasteiger charge is -2.18. The van der Waals surface area contributed by atoms with Crippen LogP contribution in [0.15, 0.2) is 18.2 Å². The molecule has 1 amide bonds. The van der Waals surface area contributed by atoms with Crippen LogP contribution in [-0.4, -0.2) is 18.1 Å². The molecule has 0 aliphatic carbocycles. The Kier molecular flexibility index (Phi) is 5.63. The number of carbonyl (C=O) groups excluding carboxylic acids is 1. The second-order valence-corrected chi connectivity index (χ2v) is 5.31. The lowest BCUT2D eigenvalue weighted by atomic mass is 10.1. The minimum absolute atomic E-state index is 0.0782. The minimum atomic E-state index is -0.596. The van der Waals surface area contributed by atoms with E-state index in [4.69, 9.17) is 22.1 Å². The predicted octanol–water partition coefficient (Wildman–Crippen LogP) is 2.65. The number of rotatable bonds is 5. The van der Waals surface area contributed by atoms with E-state index >= 15 is 0 Å². The number of nitrogens with one attached hydrogen (secondary N) is 1. The third kappa shape index (κ3) is 4.73. The molecule has 0 bridgehead atoms. The first-order valence-corrected chi connectivity index (χ1v) is 6.71. The fraction of sp³-hybridized carbons (Fsp3) is 0.500. The third-order valence-corrected chi connectivity index (χ3v) is 2.88. The number of benzene rings is 1. The molecule has 0 radical (unpaired) electrons. The van der Waals surface area contributed by atoms with E-state index in [1.54, 1.807) is 19.1 Å². The SMILES string of the molecule is CC(C)NC(=O)C(C)Oc1ccc([C@@H](C)N)cc1Cl. The topological polar surface area (TPSA) is 64.3 Å². The maximum absolute atomic E-state index is 11.7. The number of hydrogen-bond donors (Lipinski definition) is 2. The summed E-state index contributed by atoms with van der Waals surface area (Å²) in [5.41, 5.74) is 6.70. The lowest BCUT2D eigenvalue weighted by molar-refractivity contribution is -0.127. The van der Waals surface area contributed by atoms with Crippen LogP contribution >= 0.6 is 11.6 Å². The molecule has 0 aromatic heterocycles. The molecule has 0 saturated heterocycles. The molecular formula is C14H21ClN2O2. The van der Waals surface area contributed by atoms with E-state index in [1.807, 2.05) is 26.8 Å². The molecule has 0 aliphatic rings. The van der Waals surface area contributed by atoms with Gasteiger partial charge in [0.05, 0.1) is 5.02 Å². The zero-order chi connectivity index (χ0) is 14.6. The molecule has 3 N–H and O–H groups in total. The first kappa shape index (κ1) is 15.8. The van der Waals surface area contributed by atoms with Crippen molar-refractivity contribution in [2.75, 3.05) is 0 Å². The molecule has 1 aromatic carbocycles. The first-order valence-electron chi connectivity index (χ1n) is 6.33. The lowest BCUT2D eigenvalue weighted by Crippen LogP contribution is -2.40. The summed E-state index contributed by atoms with van der Waals surface area (Å²) < 4.78 is 5.56. The van der Waals surface area contributed by atoms with Crippen molar-refractivity contribution < 1.29 is 9.53 Å². The normalized spacial score (nSPS) is 14.1. The van der Waals surface area contributed by atoms with Crippen molar-refractivity contribution in [3.63, 3.8) is 0 Å². The van der Waals surface area contributed by atoms with Gasteiger partial charge in [-0.1, -0.05) is 17.7 Å². The van der Waals surface area contributed by atoms with Crippen molar-refractivity contribution in [3.8, 4) is 5.75 Å². The predicted molar refractivity (Wildman–Crippen MR) is 77.4 cm³/mol. The first-order chi connectivity index (χ1) is 8.81. The summed E-state index contributed by atoms with van der Waals surface area (Å²) >= 11 is 6.12. The second-order valence-electron chi connectivity index (χ2n) is 4.90. The van der Waals surface area contributed by atoms with E-state index in [1.165, 1.54) is 0 Å². The number of carbonyl (C=O) groups is 1. The van der Waals surface area contributed by atoms with E-state index < -0.39 is 6.10 Å². The monoisotopic (exact) mass is 284 g/mol. The van der Waals surface area contributed by atoms with Crippen molar-refractivity contribution in [2.24, 2.45) is 5.73 Å². The van der Waals surface area contributed by atoms with Crippen LogP contribution < -0.4 is 15.8 Å². The van der Waals surface area contributed by atoms with Crippen molar-refractivity contribution in [2.45, 2.75) is 45.9 Å². The van der Waals surface area contributed by atoms with E-state index in [0.717, 1.165) is 5.56 Å². The van der Waals surface area contributed by atoms with E-state index in [-0.39, 0.29) is 18.0 Å². The molecule has 0 saturated carbocycles. The van der Waals surface area contributed by atoms with Gasteiger partial charge in [-0.05, 0) is 45.4 Å².